The van der Waals surface area contributed by atoms with Crippen molar-refractivity contribution in [3.05, 3.63) is 107 Å². The van der Waals surface area contributed by atoms with Gasteiger partial charge in [0.2, 0.25) is 11.8 Å². The first-order valence-electron chi connectivity index (χ1n) is 10.6. The molecule has 0 unspecified atom stereocenters. The van der Waals surface area contributed by atoms with Gasteiger partial charge in [-0.3, -0.25) is 14.5 Å². The number of hydrogen-bond donors (Lipinski definition) is 0. The molecule has 3 aromatic rings. The lowest BCUT2D eigenvalue weighted by Crippen LogP contribution is -2.59. The van der Waals surface area contributed by atoms with Gasteiger partial charge in [0.1, 0.15) is 0 Å². The van der Waals surface area contributed by atoms with E-state index in [1.54, 1.807) is 0 Å². The van der Waals surface area contributed by atoms with Crippen LogP contribution in [0.25, 0.3) is 0 Å². The van der Waals surface area contributed by atoms with Gasteiger partial charge < -0.3 is 0 Å². The minimum absolute atomic E-state index is 0.0356. The van der Waals surface area contributed by atoms with Crippen molar-refractivity contribution >= 4 is 11.8 Å². The summed E-state index contributed by atoms with van der Waals surface area (Å²) >= 11 is 0. The summed E-state index contributed by atoms with van der Waals surface area (Å²) < 4.78 is 0. The highest BCUT2D eigenvalue weighted by molar-refractivity contribution is 6.08. The van der Waals surface area contributed by atoms with E-state index in [2.05, 4.69) is 62.4 Å². The smallest absolute Gasteiger partial charge is 0.234 e. The molecule has 7 rings (SSSR count). The molecule has 3 aliphatic carbocycles. The Morgan fingerprint density at radius 1 is 0.633 bits per heavy atom. The van der Waals surface area contributed by atoms with Crippen LogP contribution in [0.1, 0.15) is 41.7 Å². The van der Waals surface area contributed by atoms with Crippen LogP contribution in [-0.4, -0.2) is 16.7 Å². The molecule has 0 N–H and O–H groups in total. The van der Waals surface area contributed by atoms with Crippen LogP contribution in [0, 0.1) is 11.8 Å². The molecule has 148 valence electrons. The van der Waals surface area contributed by atoms with Crippen molar-refractivity contribution in [2.45, 2.75) is 31.2 Å². The molecule has 30 heavy (non-hydrogen) atoms. The maximum absolute atomic E-state index is 13.8. The number of carbonyl (C=O) groups excluding carboxylic acids is 2. The van der Waals surface area contributed by atoms with E-state index in [0.717, 1.165) is 5.56 Å². The number of hydrogen-bond acceptors (Lipinski definition) is 2. The molecule has 1 saturated heterocycles. The lowest BCUT2D eigenvalue weighted by Gasteiger charge is -2.57. The number of rotatable bonds is 2. The fraction of sp³-hybridized carbons (Fsp3) is 0.259. The molecule has 2 atom stereocenters. The maximum atomic E-state index is 13.8. The largest absolute Gasteiger partial charge is 0.278 e. The molecule has 0 spiro atoms. The Kier molecular flexibility index (Phi) is 3.35. The molecule has 2 bridgehead atoms. The third-order valence-corrected chi connectivity index (χ3v) is 7.92. The molecule has 4 aliphatic rings. The molecule has 0 radical (unpaired) electrons. The molecule has 1 heterocycles. The summed E-state index contributed by atoms with van der Waals surface area (Å²) in [4.78, 5) is 29.1. The highest BCUT2D eigenvalue weighted by Crippen LogP contribution is 2.66. The zero-order chi connectivity index (χ0) is 20.7. The lowest BCUT2D eigenvalue weighted by molar-refractivity contribution is -0.141. The van der Waals surface area contributed by atoms with Gasteiger partial charge in [0.15, 0.2) is 0 Å². The number of likely N-dealkylation sites (tertiary alicyclic amines) is 1. The Morgan fingerprint density at radius 3 is 1.40 bits per heavy atom. The zero-order valence-electron chi connectivity index (χ0n) is 17.1. The molecule has 1 fully saturated rings. The maximum Gasteiger partial charge on any atom is 0.234 e. The highest BCUT2D eigenvalue weighted by Gasteiger charge is 2.70. The van der Waals surface area contributed by atoms with Crippen LogP contribution in [0.5, 0.6) is 0 Å². The molecule has 3 nitrogen and oxygen atoms in total. The molecular formula is C27H23NO2. The topological polar surface area (TPSA) is 37.4 Å². The second-order valence-electron chi connectivity index (χ2n) is 9.20. The number of imide groups is 1. The van der Waals surface area contributed by atoms with Crippen LogP contribution in [0.3, 0.4) is 0 Å². The molecule has 3 heteroatoms. The van der Waals surface area contributed by atoms with E-state index in [0.29, 0.717) is 6.54 Å². The Bertz CT molecular complexity index is 1090. The van der Waals surface area contributed by atoms with E-state index in [4.69, 9.17) is 0 Å². The van der Waals surface area contributed by atoms with Crippen LogP contribution in [0.4, 0.5) is 0 Å². The molecule has 2 amide bonds. The summed E-state index contributed by atoms with van der Waals surface area (Å²) in [5.41, 5.74) is 4.73. The fourth-order valence-electron chi connectivity index (χ4n) is 6.55. The Balaban J connectivity index is 1.59. The molecule has 1 aliphatic heterocycles. The van der Waals surface area contributed by atoms with Crippen molar-refractivity contribution in [1.29, 1.82) is 0 Å². The van der Waals surface area contributed by atoms with Gasteiger partial charge in [-0.15, -0.1) is 0 Å². The van der Waals surface area contributed by atoms with Crippen molar-refractivity contribution in [1.82, 2.24) is 4.90 Å². The summed E-state index contributed by atoms with van der Waals surface area (Å²) in [6, 6.07) is 26.6. The van der Waals surface area contributed by atoms with Crippen molar-refractivity contribution in [2.75, 3.05) is 0 Å². The SMILES string of the molecule is CC12c3ccccc3C(C)(c3ccccc31)[C@@H]1C(=O)N(Cc3ccccc3)C(=O)[C@H]12. The van der Waals surface area contributed by atoms with Crippen LogP contribution in [0.2, 0.25) is 0 Å². The van der Waals surface area contributed by atoms with Gasteiger partial charge in [0.25, 0.3) is 0 Å². The van der Waals surface area contributed by atoms with Crippen molar-refractivity contribution < 1.29 is 9.59 Å². The minimum atomic E-state index is -0.506. The second kappa shape index (κ2) is 5.69. The van der Waals surface area contributed by atoms with Crippen molar-refractivity contribution in [3.63, 3.8) is 0 Å². The first-order valence-corrected chi connectivity index (χ1v) is 10.6. The summed E-state index contributed by atoms with van der Waals surface area (Å²) in [6.45, 7) is 4.67. The van der Waals surface area contributed by atoms with Crippen LogP contribution in [0.15, 0.2) is 78.9 Å². The van der Waals surface area contributed by atoms with Crippen molar-refractivity contribution in [2.24, 2.45) is 11.8 Å². The fourth-order valence-corrected chi connectivity index (χ4v) is 6.55. The minimum Gasteiger partial charge on any atom is -0.278 e. The van der Waals surface area contributed by atoms with Gasteiger partial charge in [-0.1, -0.05) is 92.7 Å². The summed E-state index contributed by atoms with van der Waals surface area (Å²) in [6.07, 6.45) is 0. The summed E-state index contributed by atoms with van der Waals surface area (Å²) in [5.74, 6) is -0.815. The normalized spacial score (nSPS) is 30.8. The standard InChI is InChI=1S/C27H23NO2/c1-26-18-12-6-8-14-20(18)27(2,21-15-9-7-13-19(21)26)23-22(26)24(29)28(25(23)30)16-17-10-4-3-5-11-17/h3-15,22-23H,16H2,1-2H3/t22-,23-,26?,27?/m0/s1. The molecule has 0 saturated carbocycles. The first kappa shape index (κ1) is 17.6. The number of carbonyl (C=O) groups is 2. The third-order valence-electron chi connectivity index (χ3n) is 7.92. The summed E-state index contributed by atoms with van der Waals surface area (Å²) in [5, 5.41) is 0. The number of nitrogens with zero attached hydrogens (tertiary/aromatic N) is 1. The molecule has 0 aromatic heterocycles. The predicted molar refractivity (Wildman–Crippen MR) is 115 cm³/mol. The van der Waals surface area contributed by atoms with Gasteiger partial charge in [0.05, 0.1) is 18.4 Å². The van der Waals surface area contributed by atoms with E-state index in [9.17, 15) is 9.59 Å². The Morgan fingerprint density at radius 2 is 1.00 bits per heavy atom. The van der Waals surface area contributed by atoms with Crippen LogP contribution in [-0.2, 0) is 27.0 Å². The number of benzene rings is 3. The summed E-state index contributed by atoms with van der Waals surface area (Å²) in [7, 11) is 0. The third kappa shape index (κ3) is 1.86. The first-order chi connectivity index (χ1) is 14.5. The second-order valence-corrected chi connectivity index (χ2v) is 9.20. The monoisotopic (exact) mass is 393 g/mol. The Hall–Kier alpha value is -3.20. The van der Waals surface area contributed by atoms with Crippen LogP contribution < -0.4 is 0 Å². The van der Waals surface area contributed by atoms with Gasteiger partial charge in [-0.2, -0.15) is 0 Å². The average Bonchev–Trinajstić information content (AvgIpc) is 3.04. The Labute approximate surface area is 176 Å². The number of amides is 2. The van der Waals surface area contributed by atoms with E-state index in [1.165, 1.54) is 27.2 Å². The average molecular weight is 393 g/mol. The van der Waals surface area contributed by atoms with Gasteiger partial charge >= 0.3 is 0 Å². The zero-order valence-corrected chi connectivity index (χ0v) is 17.1. The van der Waals surface area contributed by atoms with E-state index in [1.807, 2.05) is 30.3 Å². The van der Waals surface area contributed by atoms with Crippen molar-refractivity contribution in [3.8, 4) is 0 Å². The quantitative estimate of drug-likeness (QED) is 0.604. The van der Waals surface area contributed by atoms with Gasteiger partial charge in [-0.25, -0.2) is 0 Å². The van der Waals surface area contributed by atoms with E-state index >= 15 is 0 Å². The van der Waals surface area contributed by atoms with E-state index < -0.39 is 10.8 Å². The lowest BCUT2D eigenvalue weighted by atomic mass is 9.42. The highest BCUT2D eigenvalue weighted by atomic mass is 16.2. The molecule has 3 aromatic carbocycles. The van der Waals surface area contributed by atoms with Crippen LogP contribution >= 0.6 is 0 Å². The van der Waals surface area contributed by atoms with E-state index in [-0.39, 0.29) is 23.7 Å². The van der Waals surface area contributed by atoms with Gasteiger partial charge in [0, 0.05) is 10.8 Å². The predicted octanol–water partition coefficient (Wildman–Crippen LogP) is 4.43. The van der Waals surface area contributed by atoms with Gasteiger partial charge in [-0.05, 0) is 27.8 Å². The molecular weight excluding hydrogens is 370 g/mol.